The molecule has 4 rings (SSSR count). The van der Waals surface area contributed by atoms with E-state index in [9.17, 15) is 0 Å². The van der Waals surface area contributed by atoms with Crippen molar-refractivity contribution >= 4 is 5.69 Å². The first-order valence-corrected chi connectivity index (χ1v) is 7.73. The van der Waals surface area contributed by atoms with Crippen molar-refractivity contribution in [2.75, 3.05) is 11.4 Å². The summed E-state index contributed by atoms with van der Waals surface area (Å²) in [6.45, 7) is 2.08. The van der Waals surface area contributed by atoms with Crippen LogP contribution in [0, 0.1) is 0 Å². The van der Waals surface area contributed by atoms with Gasteiger partial charge in [0, 0.05) is 30.4 Å². The van der Waals surface area contributed by atoms with Crippen molar-refractivity contribution in [2.24, 2.45) is 0 Å². The second kappa shape index (κ2) is 5.68. The van der Waals surface area contributed by atoms with Crippen LogP contribution >= 0.6 is 0 Å². The molecule has 0 saturated heterocycles. The van der Waals surface area contributed by atoms with Gasteiger partial charge >= 0.3 is 0 Å². The Labute approximate surface area is 130 Å². The topological polar surface area (TPSA) is 29.3 Å². The number of rotatable bonds is 3. The molecule has 0 amide bonds. The first kappa shape index (κ1) is 13.1. The normalized spacial score (nSPS) is 13.9. The highest BCUT2D eigenvalue weighted by molar-refractivity contribution is 5.59. The Kier molecular flexibility index (Phi) is 3.39. The van der Waals surface area contributed by atoms with Crippen LogP contribution in [0.1, 0.15) is 17.5 Å². The molecule has 0 N–H and O–H groups in total. The molecular weight excluding hydrogens is 272 g/mol. The molecule has 110 valence electrons. The maximum Gasteiger partial charge on any atom is 0.124 e. The van der Waals surface area contributed by atoms with E-state index in [1.54, 1.807) is 6.26 Å². The van der Waals surface area contributed by atoms with E-state index in [-0.39, 0.29) is 0 Å². The van der Waals surface area contributed by atoms with Crippen LogP contribution in [0.5, 0.6) is 0 Å². The quantitative estimate of drug-likeness (QED) is 0.720. The molecule has 0 saturated carbocycles. The van der Waals surface area contributed by atoms with Gasteiger partial charge in [0.25, 0.3) is 0 Å². The van der Waals surface area contributed by atoms with Crippen molar-refractivity contribution in [3.63, 3.8) is 0 Å². The Morgan fingerprint density at radius 3 is 2.68 bits per heavy atom. The number of anilines is 1. The van der Waals surface area contributed by atoms with Gasteiger partial charge in [-0.2, -0.15) is 0 Å². The monoisotopic (exact) mass is 290 g/mol. The lowest BCUT2D eigenvalue weighted by atomic mass is 10.0. The lowest BCUT2D eigenvalue weighted by Gasteiger charge is -2.31. The Morgan fingerprint density at radius 2 is 1.86 bits per heavy atom. The lowest BCUT2D eigenvalue weighted by Crippen LogP contribution is -2.28. The van der Waals surface area contributed by atoms with Gasteiger partial charge < -0.3 is 9.42 Å². The van der Waals surface area contributed by atoms with Gasteiger partial charge in [-0.15, -0.1) is 0 Å². The molecule has 3 aromatic rings. The first-order chi connectivity index (χ1) is 10.9. The van der Waals surface area contributed by atoms with Crippen LogP contribution in [-0.2, 0) is 13.0 Å². The maximum atomic E-state index is 4.90. The summed E-state index contributed by atoms with van der Waals surface area (Å²) in [4.78, 5) is 2.48. The SMILES string of the molecule is c1ccc2c(c1)CCCN2Cc1ccc(-c2ccon2)cc1. The van der Waals surface area contributed by atoms with E-state index in [0.717, 1.165) is 24.3 Å². The number of para-hydroxylation sites is 1. The molecule has 0 bridgehead atoms. The highest BCUT2D eigenvalue weighted by atomic mass is 16.5. The number of hydrogen-bond acceptors (Lipinski definition) is 3. The van der Waals surface area contributed by atoms with Crippen LogP contribution in [0.3, 0.4) is 0 Å². The largest absolute Gasteiger partial charge is 0.367 e. The summed E-state index contributed by atoms with van der Waals surface area (Å²) in [5.74, 6) is 0. The lowest BCUT2D eigenvalue weighted by molar-refractivity contribution is 0.422. The van der Waals surface area contributed by atoms with Crippen LogP contribution in [0.25, 0.3) is 11.3 Å². The molecule has 22 heavy (non-hydrogen) atoms. The summed E-state index contributed by atoms with van der Waals surface area (Å²) in [5.41, 5.74) is 6.15. The van der Waals surface area contributed by atoms with E-state index in [1.807, 2.05) is 6.07 Å². The molecule has 2 heterocycles. The molecule has 2 aromatic carbocycles. The summed E-state index contributed by atoms with van der Waals surface area (Å²) in [7, 11) is 0. The number of fused-ring (bicyclic) bond motifs is 1. The molecule has 0 atom stereocenters. The molecule has 0 aliphatic carbocycles. The Morgan fingerprint density at radius 1 is 1.00 bits per heavy atom. The van der Waals surface area contributed by atoms with Gasteiger partial charge in [0.05, 0.1) is 0 Å². The summed E-state index contributed by atoms with van der Waals surface area (Å²) in [5, 5.41) is 3.98. The minimum absolute atomic E-state index is 0.884. The third-order valence-electron chi connectivity index (χ3n) is 4.27. The predicted octanol–water partition coefficient (Wildman–Crippen LogP) is 4.29. The number of aromatic nitrogens is 1. The van der Waals surface area contributed by atoms with Gasteiger partial charge in [-0.3, -0.25) is 0 Å². The van der Waals surface area contributed by atoms with Crippen LogP contribution < -0.4 is 4.90 Å². The third-order valence-corrected chi connectivity index (χ3v) is 4.27. The average Bonchev–Trinajstić information content (AvgIpc) is 3.10. The third kappa shape index (κ3) is 2.50. The highest BCUT2D eigenvalue weighted by Gasteiger charge is 2.16. The van der Waals surface area contributed by atoms with Gasteiger partial charge in [0.2, 0.25) is 0 Å². The zero-order valence-corrected chi connectivity index (χ0v) is 12.4. The van der Waals surface area contributed by atoms with Crippen LogP contribution in [0.2, 0.25) is 0 Å². The number of benzene rings is 2. The average molecular weight is 290 g/mol. The fourth-order valence-electron chi connectivity index (χ4n) is 3.14. The van der Waals surface area contributed by atoms with Crippen molar-refractivity contribution in [1.29, 1.82) is 0 Å². The number of hydrogen-bond donors (Lipinski definition) is 0. The van der Waals surface area contributed by atoms with Crippen molar-refractivity contribution in [2.45, 2.75) is 19.4 Å². The first-order valence-electron chi connectivity index (χ1n) is 7.73. The van der Waals surface area contributed by atoms with Gasteiger partial charge in [-0.05, 0) is 30.0 Å². The summed E-state index contributed by atoms with van der Waals surface area (Å²) in [6, 6.07) is 19.2. The maximum absolute atomic E-state index is 4.90. The zero-order valence-electron chi connectivity index (χ0n) is 12.4. The second-order valence-corrected chi connectivity index (χ2v) is 5.74. The molecule has 1 aliphatic heterocycles. The van der Waals surface area contributed by atoms with E-state index in [0.29, 0.717) is 0 Å². The fraction of sp³-hybridized carbons (Fsp3) is 0.211. The molecule has 0 spiro atoms. The van der Waals surface area contributed by atoms with E-state index in [2.05, 4.69) is 58.6 Å². The van der Waals surface area contributed by atoms with E-state index >= 15 is 0 Å². The van der Waals surface area contributed by atoms with Crippen LogP contribution in [0.4, 0.5) is 5.69 Å². The molecule has 0 fully saturated rings. The Balaban J connectivity index is 1.55. The number of aryl methyl sites for hydroxylation is 1. The van der Waals surface area contributed by atoms with Crippen molar-refractivity contribution in [3.05, 3.63) is 72.0 Å². The van der Waals surface area contributed by atoms with Gasteiger partial charge in [0.1, 0.15) is 12.0 Å². The predicted molar refractivity (Wildman–Crippen MR) is 87.8 cm³/mol. The second-order valence-electron chi connectivity index (χ2n) is 5.74. The van der Waals surface area contributed by atoms with Gasteiger partial charge in [-0.25, -0.2) is 0 Å². The molecular formula is C19H18N2O. The molecule has 0 radical (unpaired) electrons. The van der Waals surface area contributed by atoms with E-state index in [1.165, 1.54) is 29.7 Å². The summed E-state index contributed by atoms with van der Waals surface area (Å²) < 4.78 is 4.90. The fourth-order valence-corrected chi connectivity index (χ4v) is 3.14. The standard InChI is InChI=1S/C19H18N2O/c1-2-6-19-17(4-1)5-3-12-21(19)14-15-7-9-16(10-8-15)18-11-13-22-20-18/h1-2,4,6-11,13H,3,5,12,14H2. The molecule has 3 heteroatoms. The zero-order chi connectivity index (χ0) is 14.8. The molecule has 1 aromatic heterocycles. The Bertz CT molecular complexity index is 747. The molecule has 1 aliphatic rings. The van der Waals surface area contributed by atoms with Gasteiger partial charge in [0.15, 0.2) is 0 Å². The Hall–Kier alpha value is -2.55. The minimum atomic E-state index is 0.884. The van der Waals surface area contributed by atoms with E-state index in [4.69, 9.17) is 4.52 Å². The van der Waals surface area contributed by atoms with Crippen molar-refractivity contribution in [1.82, 2.24) is 5.16 Å². The van der Waals surface area contributed by atoms with E-state index < -0.39 is 0 Å². The highest BCUT2D eigenvalue weighted by Crippen LogP contribution is 2.28. The minimum Gasteiger partial charge on any atom is -0.367 e. The smallest absolute Gasteiger partial charge is 0.124 e. The van der Waals surface area contributed by atoms with Crippen molar-refractivity contribution in [3.8, 4) is 11.3 Å². The molecule has 0 unspecified atom stereocenters. The van der Waals surface area contributed by atoms with Crippen LogP contribution in [-0.4, -0.2) is 11.7 Å². The summed E-state index contributed by atoms with van der Waals surface area (Å²) >= 11 is 0. The van der Waals surface area contributed by atoms with Gasteiger partial charge in [-0.1, -0.05) is 47.6 Å². The van der Waals surface area contributed by atoms with Crippen molar-refractivity contribution < 1.29 is 4.52 Å². The van der Waals surface area contributed by atoms with Crippen LogP contribution in [0.15, 0.2) is 65.4 Å². The molecule has 3 nitrogen and oxygen atoms in total. The number of nitrogens with zero attached hydrogens (tertiary/aromatic N) is 2. The summed E-state index contributed by atoms with van der Waals surface area (Å²) in [6.07, 6.45) is 4.03.